The maximum absolute atomic E-state index is 10.9. The van der Waals surface area contributed by atoms with Crippen LogP contribution in [0.25, 0.3) is 0 Å². The zero-order chi connectivity index (χ0) is 10.7. The fraction of sp³-hybridized carbons (Fsp3) is 0.273. The summed E-state index contributed by atoms with van der Waals surface area (Å²) in [6, 6.07) is 7.81. The van der Waals surface area contributed by atoms with Gasteiger partial charge in [0.05, 0.1) is 17.9 Å². The number of aliphatic imine (C=N–C) groups is 1. The van der Waals surface area contributed by atoms with Gasteiger partial charge < -0.3 is 4.74 Å². The Morgan fingerprint density at radius 2 is 2.40 bits per heavy atom. The van der Waals surface area contributed by atoms with Crippen molar-refractivity contribution >= 4 is 22.7 Å². The molecule has 0 fully saturated rings. The second-order valence-electron chi connectivity index (χ2n) is 3.22. The Hall–Kier alpha value is -1.29. The van der Waals surface area contributed by atoms with Gasteiger partial charge in [-0.15, -0.1) is 11.8 Å². The minimum Gasteiger partial charge on any atom is -0.497 e. The summed E-state index contributed by atoms with van der Waals surface area (Å²) in [5.74, 6) is 1.29. The Morgan fingerprint density at radius 1 is 1.53 bits per heavy atom. The van der Waals surface area contributed by atoms with Gasteiger partial charge >= 0.3 is 0 Å². The number of thioether (sulfide) groups is 1. The molecule has 1 amide bonds. The van der Waals surface area contributed by atoms with Crippen molar-refractivity contribution in [1.82, 2.24) is 0 Å². The van der Waals surface area contributed by atoms with Gasteiger partial charge in [0.25, 0.3) is 5.91 Å². The van der Waals surface area contributed by atoms with Crippen molar-refractivity contribution in [3.8, 4) is 5.75 Å². The minimum atomic E-state index is -0.0297. The molecule has 0 bridgehead atoms. The molecule has 0 aliphatic carbocycles. The highest BCUT2D eigenvalue weighted by Gasteiger charge is 2.14. The van der Waals surface area contributed by atoms with E-state index in [-0.39, 0.29) is 5.91 Å². The molecule has 1 aliphatic rings. The average Bonchev–Trinajstić information content (AvgIpc) is 2.64. The van der Waals surface area contributed by atoms with Crippen LogP contribution >= 0.6 is 11.8 Å². The van der Waals surface area contributed by atoms with Gasteiger partial charge in [0.2, 0.25) is 0 Å². The van der Waals surface area contributed by atoms with E-state index in [9.17, 15) is 4.79 Å². The van der Waals surface area contributed by atoms with Crippen molar-refractivity contribution in [3.63, 3.8) is 0 Å². The third-order valence-corrected chi connectivity index (χ3v) is 3.06. The monoisotopic (exact) mass is 221 g/mol. The van der Waals surface area contributed by atoms with Crippen LogP contribution in [0, 0.1) is 0 Å². The second kappa shape index (κ2) is 4.49. The molecular formula is C11H11NO2S. The minimum absolute atomic E-state index is 0.0297. The molecule has 0 atom stereocenters. The predicted octanol–water partition coefficient (Wildman–Crippen LogP) is 1.91. The van der Waals surface area contributed by atoms with Crippen LogP contribution in [-0.4, -0.2) is 23.8 Å². The Morgan fingerprint density at radius 3 is 3.07 bits per heavy atom. The smallest absolute Gasteiger partial charge is 0.256 e. The van der Waals surface area contributed by atoms with Crippen molar-refractivity contribution in [2.45, 2.75) is 6.42 Å². The molecule has 1 aromatic rings. The fourth-order valence-electron chi connectivity index (χ4n) is 1.40. The van der Waals surface area contributed by atoms with Gasteiger partial charge in [-0.3, -0.25) is 4.79 Å². The average molecular weight is 221 g/mol. The first-order valence-corrected chi connectivity index (χ1v) is 5.62. The SMILES string of the molecule is COc1cccc(CC2=NC(=O)CS2)c1. The van der Waals surface area contributed by atoms with Crippen molar-refractivity contribution in [3.05, 3.63) is 29.8 Å². The van der Waals surface area contributed by atoms with Gasteiger partial charge in [-0.1, -0.05) is 12.1 Å². The number of ether oxygens (including phenoxy) is 1. The first kappa shape index (κ1) is 10.2. The number of nitrogens with zero attached hydrogens (tertiary/aromatic N) is 1. The lowest BCUT2D eigenvalue weighted by atomic mass is 10.1. The highest BCUT2D eigenvalue weighted by molar-refractivity contribution is 8.15. The number of rotatable bonds is 3. The van der Waals surface area contributed by atoms with Crippen molar-refractivity contribution in [2.75, 3.05) is 12.9 Å². The van der Waals surface area contributed by atoms with Crippen molar-refractivity contribution < 1.29 is 9.53 Å². The zero-order valence-corrected chi connectivity index (χ0v) is 9.21. The van der Waals surface area contributed by atoms with Gasteiger partial charge in [0.1, 0.15) is 5.75 Å². The van der Waals surface area contributed by atoms with E-state index in [1.807, 2.05) is 24.3 Å². The molecule has 78 valence electrons. The van der Waals surface area contributed by atoms with Crippen LogP contribution in [-0.2, 0) is 11.2 Å². The van der Waals surface area contributed by atoms with E-state index in [2.05, 4.69) is 4.99 Å². The quantitative estimate of drug-likeness (QED) is 0.782. The lowest BCUT2D eigenvalue weighted by Crippen LogP contribution is -1.95. The first-order valence-electron chi connectivity index (χ1n) is 4.64. The number of carbonyl (C=O) groups excluding carboxylic acids is 1. The maximum Gasteiger partial charge on any atom is 0.256 e. The van der Waals surface area contributed by atoms with Crippen LogP contribution in [0.5, 0.6) is 5.75 Å². The molecule has 0 radical (unpaired) electrons. The fourth-order valence-corrected chi connectivity index (χ4v) is 2.19. The van der Waals surface area contributed by atoms with E-state index in [0.717, 1.165) is 16.4 Å². The molecule has 0 saturated heterocycles. The molecule has 0 N–H and O–H groups in total. The van der Waals surface area contributed by atoms with Gasteiger partial charge in [0.15, 0.2) is 0 Å². The van der Waals surface area contributed by atoms with Crippen molar-refractivity contribution in [2.24, 2.45) is 4.99 Å². The Balaban J connectivity index is 2.10. The summed E-state index contributed by atoms with van der Waals surface area (Å²) in [6.07, 6.45) is 0.716. The largest absolute Gasteiger partial charge is 0.497 e. The standard InChI is InChI=1S/C11H11NO2S/c1-14-9-4-2-3-8(5-9)6-11-12-10(13)7-15-11/h2-5H,6-7H2,1H3. The highest BCUT2D eigenvalue weighted by Crippen LogP contribution is 2.19. The molecule has 15 heavy (non-hydrogen) atoms. The predicted molar refractivity (Wildman–Crippen MR) is 61.6 cm³/mol. The number of hydrogen-bond donors (Lipinski definition) is 0. The molecule has 0 saturated carbocycles. The Labute approximate surface area is 92.5 Å². The topological polar surface area (TPSA) is 38.7 Å². The number of methoxy groups -OCH3 is 1. The van der Waals surface area contributed by atoms with Gasteiger partial charge in [-0.25, -0.2) is 4.99 Å². The number of amides is 1. The van der Waals surface area contributed by atoms with E-state index in [1.54, 1.807) is 7.11 Å². The normalized spacial score (nSPS) is 15.3. The number of benzene rings is 1. The van der Waals surface area contributed by atoms with Crippen LogP contribution < -0.4 is 4.74 Å². The van der Waals surface area contributed by atoms with E-state index in [0.29, 0.717) is 12.2 Å². The van der Waals surface area contributed by atoms with E-state index >= 15 is 0 Å². The summed E-state index contributed by atoms with van der Waals surface area (Å²) >= 11 is 1.52. The van der Waals surface area contributed by atoms with Crippen LogP contribution in [0.1, 0.15) is 5.56 Å². The van der Waals surface area contributed by atoms with Crippen LogP contribution in [0.15, 0.2) is 29.3 Å². The molecule has 4 heteroatoms. The highest BCUT2D eigenvalue weighted by atomic mass is 32.2. The molecule has 3 nitrogen and oxygen atoms in total. The van der Waals surface area contributed by atoms with Gasteiger partial charge in [-0.05, 0) is 17.7 Å². The molecule has 1 heterocycles. The summed E-state index contributed by atoms with van der Waals surface area (Å²) in [7, 11) is 1.64. The summed E-state index contributed by atoms with van der Waals surface area (Å²) in [4.78, 5) is 14.9. The molecule has 0 spiro atoms. The lowest BCUT2D eigenvalue weighted by Gasteiger charge is -2.03. The van der Waals surface area contributed by atoms with Crippen LogP contribution in [0.3, 0.4) is 0 Å². The second-order valence-corrected chi connectivity index (χ2v) is 4.26. The molecule has 1 aromatic carbocycles. The van der Waals surface area contributed by atoms with E-state index in [1.165, 1.54) is 11.8 Å². The molecular weight excluding hydrogens is 210 g/mol. The van der Waals surface area contributed by atoms with E-state index in [4.69, 9.17) is 4.74 Å². The molecule has 2 rings (SSSR count). The molecule has 0 aromatic heterocycles. The summed E-state index contributed by atoms with van der Waals surface area (Å²) in [6.45, 7) is 0. The third kappa shape index (κ3) is 2.59. The lowest BCUT2D eigenvalue weighted by molar-refractivity contribution is -0.115. The first-order chi connectivity index (χ1) is 7.28. The number of carbonyl (C=O) groups is 1. The zero-order valence-electron chi connectivity index (χ0n) is 8.40. The Kier molecular flexibility index (Phi) is 3.06. The third-order valence-electron chi connectivity index (χ3n) is 2.10. The summed E-state index contributed by atoms with van der Waals surface area (Å²) < 4.78 is 5.13. The number of hydrogen-bond acceptors (Lipinski definition) is 3. The Bertz CT molecular complexity index is 415. The van der Waals surface area contributed by atoms with Gasteiger partial charge in [0, 0.05) is 6.42 Å². The maximum atomic E-state index is 10.9. The van der Waals surface area contributed by atoms with E-state index < -0.39 is 0 Å². The van der Waals surface area contributed by atoms with Crippen LogP contribution in [0.4, 0.5) is 0 Å². The summed E-state index contributed by atoms with van der Waals surface area (Å²) in [5.41, 5.74) is 1.12. The molecule has 0 unspecified atom stereocenters. The van der Waals surface area contributed by atoms with Crippen LogP contribution in [0.2, 0.25) is 0 Å². The summed E-state index contributed by atoms with van der Waals surface area (Å²) in [5, 5.41) is 0.897. The molecule has 1 aliphatic heterocycles. The van der Waals surface area contributed by atoms with Gasteiger partial charge in [-0.2, -0.15) is 0 Å². The van der Waals surface area contributed by atoms with Crippen molar-refractivity contribution in [1.29, 1.82) is 0 Å².